The van der Waals surface area contributed by atoms with Gasteiger partial charge >= 0.3 is 11.9 Å². The average Bonchev–Trinajstić information content (AvgIpc) is 2.94. The van der Waals surface area contributed by atoms with E-state index in [2.05, 4.69) is 83.9 Å². The van der Waals surface area contributed by atoms with Gasteiger partial charge in [-0.2, -0.15) is 0 Å². The van der Waals surface area contributed by atoms with Gasteiger partial charge in [0.25, 0.3) is 0 Å². The summed E-state index contributed by atoms with van der Waals surface area (Å²) in [5, 5.41) is 9.38. The van der Waals surface area contributed by atoms with Crippen molar-refractivity contribution < 1.29 is 24.2 Å². The SMILES string of the molecule is C#CC#CC#CC#CC#CC#CC#CC(=O)OC[C@@H](CO)OC(=O)CCCCCCCCCCCCCCC. The Kier molecular flexibility index (Phi) is 25.3. The topological polar surface area (TPSA) is 72.8 Å². The molecular formula is C34H38O5. The number of rotatable bonds is 18. The second-order valence-electron chi connectivity index (χ2n) is 8.53. The number of aliphatic hydroxyl groups excluding tert-OH is 1. The van der Waals surface area contributed by atoms with Crippen LogP contribution in [0.15, 0.2) is 0 Å². The Morgan fingerprint density at radius 2 is 1.10 bits per heavy atom. The van der Waals surface area contributed by atoms with Crippen molar-refractivity contribution in [2.75, 3.05) is 13.2 Å². The molecule has 5 nitrogen and oxygen atoms in total. The molecule has 0 saturated carbocycles. The number of ether oxygens (including phenoxy) is 2. The molecular weight excluding hydrogens is 488 g/mol. The average molecular weight is 527 g/mol. The Morgan fingerprint density at radius 1 is 0.667 bits per heavy atom. The lowest BCUT2D eigenvalue weighted by atomic mass is 10.0. The second kappa shape index (κ2) is 28.4. The van der Waals surface area contributed by atoms with Gasteiger partial charge in [-0.05, 0) is 77.5 Å². The Morgan fingerprint density at radius 3 is 1.56 bits per heavy atom. The van der Waals surface area contributed by atoms with Crippen LogP contribution in [0.5, 0.6) is 0 Å². The van der Waals surface area contributed by atoms with E-state index in [1.807, 2.05) is 0 Å². The van der Waals surface area contributed by atoms with E-state index in [9.17, 15) is 14.7 Å². The number of carbonyl (C=O) groups is 2. The molecule has 0 rings (SSSR count). The van der Waals surface area contributed by atoms with Crippen molar-refractivity contribution in [3.63, 3.8) is 0 Å². The van der Waals surface area contributed by atoms with Crippen LogP contribution in [0.2, 0.25) is 0 Å². The van der Waals surface area contributed by atoms with Gasteiger partial charge < -0.3 is 14.6 Å². The molecule has 0 heterocycles. The van der Waals surface area contributed by atoms with Crippen molar-refractivity contribution in [3.8, 4) is 83.4 Å². The van der Waals surface area contributed by atoms with Gasteiger partial charge in [0, 0.05) is 12.3 Å². The lowest BCUT2D eigenvalue weighted by Gasteiger charge is -2.14. The third-order valence-corrected chi connectivity index (χ3v) is 5.25. The van der Waals surface area contributed by atoms with Gasteiger partial charge in [-0.25, -0.2) is 4.79 Å². The quantitative estimate of drug-likeness (QED) is 0.123. The third-order valence-electron chi connectivity index (χ3n) is 5.25. The summed E-state index contributed by atoms with van der Waals surface area (Å²) in [5.41, 5.74) is 0. The van der Waals surface area contributed by atoms with Gasteiger partial charge in [-0.15, -0.1) is 6.42 Å². The zero-order chi connectivity index (χ0) is 28.7. The molecule has 0 aromatic rings. The molecule has 0 aromatic carbocycles. The number of aliphatic hydroxyl groups is 1. The Balaban J connectivity index is 3.97. The summed E-state index contributed by atoms with van der Waals surface area (Å²) in [7, 11) is 0. The zero-order valence-corrected chi connectivity index (χ0v) is 23.0. The van der Waals surface area contributed by atoms with E-state index in [-0.39, 0.29) is 13.0 Å². The monoisotopic (exact) mass is 526 g/mol. The van der Waals surface area contributed by atoms with E-state index < -0.39 is 24.6 Å². The molecule has 0 aromatic heterocycles. The predicted molar refractivity (Wildman–Crippen MR) is 154 cm³/mol. The normalized spacial score (nSPS) is 9.26. The lowest BCUT2D eigenvalue weighted by Crippen LogP contribution is -2.28. The van der Waals surface area contributed by atoms with Crippen LogP contribution in [0.3, 0.4) is 0 Å². The third kappa shape index (κ3) is 26.7. The zero-order valence-electron chi connectivity index (χ0n) is 23.0. The van der Waals surface area contributed by atoms with Crippen LogP contribution < -0.4 is 0 Å². The van der Waals surface area contributed by atoms with Crippen LogP contribution in [0, 0.1) is 83.4 Å². The molecule has 39 heavy (non-hydrogen) atoms. The van der Waals surface area contributed by atoms with Crippen LogP contribution in [0.1, 0.15) is 96.8 Å². The Labute approximate surface area is 235 Å². The van der Waals surface area contributed by atoms with Crippen molar-refractivity contribution in [2.45, 2.75) is 103 Å². The van der Waals surface area contributed by atoms with Gasteiger partial charge in [0.2, 0.25) is 0 Å². The van der Waals surface area contributed by atoms with Crippen molar-refractivity contribution in [2.24, 2.45) is 0 Å². The fraction of sp³-hybridized carbons (Fsp3) is 0.529. The fourth-order valence-corrected chi connectivity index (χ4v) is 3.26. The smallest absolute Gasteiger partial charge is 0.385 e. The molecule has 0 aliphatic rings. The van der Waals surface area contributed by atoms with Crippen molar-refractivity contribution in [3.05, 3.63) is 0 Å². The molecule has 0 aliphatic carbocycles. The van der Waals surface area contributed by atoms with Crippen LogP contribution in [-0.4, -0.2) is 36.4 Å². The van der Waals surface area contributed by atoms with Crippen molar-refractivity contribution >= 4 is 11.9 Å². The molecule has 0 fully saturated rings. The molecule has 204 valence electrons. The number of unbranched alkanes of at least 4 members (excludes halogenated alkanes) is 12. The van der Waals surface area contributed by atoms with Gasteiger partial charge in [-0.1, -0.05) is 84.0 Å². The molecule has 0 unspecified atom stereocenters. The van der Waals surface area contributed by atoms with Gasteiger partial charge in [0.05, 0.1) is 6.61 Å². The first kappa shape index (κ1) is 34.8. The molecule has 0 saturated heterocycles. The van der Waals surface area contributed by atoms with Gasteiger partial charge in [0.1, 0.15) is 6.61 Å². The van der Waals surface area contributed by atoms with E-state index in [0.717, 1.165) is 19.3 Å². The van der Waals surface area contributed by atoms with Crippen LogP contribution in [0.25, 0.3) is 0 Å². The van der Waals surface area contributed by atoms with E-state index >= 15 is 0 Å². The fourth-order valence-electron chi connectivity index (χ4n) is 3.26. The maximum atomic E-state index is 12.0. The highest BCUT2D eigenvalue weighted by molar-refractivity contribution is 5.89. The number of hydrogen-bond acceptors (Lipinski definition) is 5. The minimum Gasteiger partial charge on any atom is -0.456 e. The summed E-state index contributed by atoms with van der Waals surface area (Å²) in [6, 6.07) is 0. The van der Waals surface area contributed by atoms with Crippen LogP contribution >= 0.6 is 0 Å². The summed E-state index contributed by atoms with van der Waals surface area (Å²) in [6.07, 6.45) is 20.2. The van der Waals surface area contributed by atoms with Gasteiger partial charge in [-0.3, -0.25) is 4.79 Å². The van der Waals surface area contributed by atoms with Crippen molar-refractivity contribution in [1.82, 2.24) is 0 Å². The largest absolute Gasteiger partial charge is 0.456 e. The molecule has 0 spiro atoms. The van der Waals surface area contributed by atoms with E-state index in [1.54, 1.807) is 0 Å². The number of terminal acetylenes is 1. The maximum absolute atomic E-state index is 12.0. The molecule has 0 amide bonds. The summed E-state index contributed by atoms with van der Waals surface area (Å²) in [5.74, 6) is 29.4. The standard InChI is InChI=1S/C34H38O5/c1-3-5-7-9-11-13-15-17-19-21-23-25-27-29-34(37)39-32(30-35)31-38-33(36)28-26-24-22-20-18-16-14-12-10-8-6-4-2/h2,32,35H,3,5,7,9,11,13,15,17,19,21,23,25,27,29-31H2,1H3/t32-/m1/s1. The van der Waals surface area contributed by atoms with E-state index in [0.29, 0.717) is 0 Å². The highest BCUT2D eigenvalue weighted by Gasteiger charge is 2.15. The Bertz CT molecular complexity index is 1130. The molecule has 0 radical (unpaired) electrons. The minimum absolute atomic E-state index is 0.273. The predicted octanol–water partition coefficient (Wildman–Crippen LogP) is 4.57. The first-order valence-electron chi connectivity index (χ1n) is 13.6. The van der Waals surface area contributed by atoms with E-state index in [1.165, 1.54) is 64.2 Å². The van der Waals surface area contributed by atoms with Crippen molar-refractivity contribution in [1.29, 1.82) is 0 Å². The number of esters is 2. The minimum atomic E-state index is -0.929. The summed E-state index contributed by atoms with van der Waals surface area (Å²) >= 11 is 0. The highest BCUT2D eigenvalue weighted by atomic mass is 16.6. The molecule has 1 atom stereocenters. The second-order valence-corrected chi connectivity index (χ2v) is 8.53. The highest BCUT2D eigenvalue weighted by Crippen LogP contribution is 2.13. The Hall–Kier alpha value is -4.18. The number of carbonyl (C=O) groups excluding carboxylic acids is 2. The molecule has 0 aliphatic heterocycles. The summed E-state index contributed by atoms with van der Waals surface area (Å²) < 4.78 is 10.1. The molecule has 5 heteroatoms. The van der Waals surface area contributed by atoms with Crippen LogP contribution in [-0.2, 0) is 19.1 Å². The van der Waals surface area contributed by atoms with E-state index in [4.69, 9.17) is 15.9 Å². The first-order chi connectivity index (χ1) is 19.1. The van der Waals surface area contributed by atoms with Crippen LogP contribution in [0.4, 0.5) is 0 Å². The first-order valence-corrected chi connectivity index (χ1v) is 13.6. The van der Waals surface area contributed by atoms with Gasteiger partial charge in [0.15, 0.2) is 6.10 Å². The lowest BCUT2D eigenvalue weighted by molar-refractivity contribution is -0.159. The summed E-state index contributed by atoms with van der Waals surface area (Å²) in [6.45, 7) is 1.50. The molecule has 1 N–H and O–H groups in total. The molecule has 0 bridgehead atoms. The number of hydrogen-bond donors (Lipinski definition) is 1. The maximum Gasteiger partial charge on any atom is 0.385 e. The summed E-state index contributed by atoms with van der Waals surface area (Å²) in [4.78, 5) is 23.7.